The Kier molecular flexibility index (Phi) is 6.39. The molecule has 1 unspecified atom stereocenters. The smallest absolute Gasteiger partial charge is 0.348 e. The van der Waals surface area contributed by atoms with Crippen molar-refractivity contribution in [2.75, 3.05) is 13.7 Å². The number of amides is 1. The third-order valence-corrected chi connectivity index (χ3v) is 5.83. The molecular weight excluding hydrogens is 408 g/mol. The van der Waals surface area contributed by atoms with E-state index in [0.29, 0.717) is 24.6 Å². The van der Waals surface area contributed by atoms with Crippen LogP contribution in [-0.2, 0) is 17.8 Å². The Bertz CT molecular complexity index is 1170. The monoisotopic (exact) mass is 436 g/mol. The summed E-state index contributed by atoms with van der Waals surface area (Å²) in [6.45, 7) is 4.17. The number of likely N-dealkylation sites (tertiary alicyclic amines) is 1. The van der Waals surface area contributed by atoms with Gasteiger partial charge >= 0.3 is 5.69 Å². The molecule has 32 heavy (non-hydrogen) atoms. The minimum absolute atomic E-state index is 0.0359. The highest BCUT2D eigenvalue weighted by Gasteiger charge is 2.31. The molecular formula is C24H28N4O4. The molecule has 1 amide bonds. The maximum absolute atomic E-state index is 13.2. The fraction of sp³-hybridized carbons (Fsp3) is 0.417. The number of hydrogen-bond acceptors (Lipinski definition) is 6. The molecule has 1 aliphatic rings. The van der Waals surface area contributed by atoms with Crippen LogP contribution in [0.5, 0.6) is 5.75 Å². The van der Waals surface area contributed by atoms with Crippen LogP contribution in [0.1, 0.15) is 53.9 Å². The number of ether oxygens (including phenoxy) is 1. The van der Waals surface area contributed by atoms with Gasteiger partial charge < -0.3 is 14.1 Å². The summed E-state index contributed by atoms with van der Waals surface area (Å²) < 4.78 is 12.8. The van der Waals surface area contributed by atoms with Crippen LogP contribution in [0.2, 0.25) is 0 Å². The van der Waals surface area contributed by atoms with E-state index < -0.39 is 5.69 Å². The molecule has 168 valence electrons. The minimum atomic E-state index is -0.402. The topological polar surface area (TPSA) is 90.5 Å². The number of rotatable bonds is 6. The van der Waals surface area contributed by atoms with Gasteiger partial charge in [-0.2, -0.15) is 4.98 Å². The summed E-state index contributed by atoms with van der Waals surface area (Å²) in [6.07, 6.45) is 5.01. The summed E-state index contributed by atoms with van der Waals surface area (Å²) in [5.74, 6) is 1.95. The highest BCUT2D eigenvalue weighted by Crippen LogP contribution is 2.31. The minimum Gasteiger partial charge on any atom is -0.497 e. The van der Waals surface area contributed by atoms with Crippen LogP contribution < -0.4 is 10.4 Å². The number of oxazole rings is 1. The second kappa shape index (κ2) is 9.38. The van der Waals surface area contributed by atoms with Crippen LogP contribution in [0.3, 0.4) is 0 Å². The van der Waals surface area contributed by atoms with Gasteiger partial charge in [0.15, 0.2) is 0 Å². The number of carbonyl (C=O) groups is 1. The zero-order chi connectivity index (χ0) is 22.7. The lowest BCUT2D eigenvalue weighted by Crippen LogP contribution is -2.42. The fourth-order valence-corrected chi connectivity index (χ4v) is 4.22. The standard InChI is InChI=1S/C24H28N4O4/c1-16-11-17(2)28(24(30)26-16)15-22(29)27-10-5-4-9-21(27)23-25-14-20(32-23)13-18-7-6-8-19(12-18)31-3/h6-8,11-12,14,21H,4-5,9-10,13,15H2,1-3H3. The van der Waals surface area contributed by atoms with Crippen LogP contribution in [-0.4, -0.2) is 39.0 Å². The van der Waals surface area contributed by atoms with Gasteiger partial charge in [0.1, 0.15) is 24.1 Å². The number of carbonyl (C=O) groups excluding carboxylic acids is 1. The normalized spacial score (nSPS) is 16.2. The molecule has 3 aromatic rings. The molecule has 2 aromatic heterocycles. The molecule has 4 rings (SSSR count). The van der Waals surface area contributed by atoms with E-state index >= 15 is 0 Å². The summed E-state index contributed by atoms with van der Waals surface area (Å²) >= 11 is 0. The molecule has 0 spiro atoms. The van der Waals surface area contributed by atoms with E-state index in [1.807, 2.05) is 31.2 Å². The first kappa shape index (κ1) is 21.8. The average molecular weight is 437 g/mol. The highest BCUT2D eigenvalue weighted by atomic mass is 16.5. The number of hydrogen-bond donors (Lipinski definition) is 0. The number of nitrogens with zero attached hydrogens (tertiary/aromatic N) is 4. The fourth-order valence-electron chi connectivity index (χ4n) is 4.22. The van der Waals surface area contributed by atoms with Crippen molar-refractivity contribution in [3.8, 4) is 5.75 Å². The Morgan fingerprint density at radius 3 is 2.88 bits per heavy atom. The van der Waals surface area contributed by atoms with Gasteiger partial charge in [0.25, 0.3) is 0 Å². The molecule has 8 nitrogen and oxygen atoms in total. The highest BCUT2D eigenvalue weighted by molar-refractivity contribution is 5.76. The number of methoxy groups -OCH3 is 1. The van der Waals surface area contributed by atoms with Gasteiger partial charge in [0.2, 0.25) is 11.8 Å². The molecule has 1 atom stereocenters. The zero-order valence-electron chi connectivity index (χ0n) is 18.7. The van der Waals surface area contributed by atoms with Gasteiger partial charge in [-0.1, -0.05) is 12.1 Å². The van der Waals surface area contributed by atoms with E-state index in [0.717, 1.165) is 42.0 Å². The van der Waals surface area contributed by atoms with Gasteiger partial charge in [-0.05, 0) is 56.9 Å². The molecule has 1 saturated heterocycles. The quantitative estimate of drug-likeness (QED) is 0.589. The third kappa shape index (κ3) is 4.74. The molecule has 1 fully saturated rings. The van der Waals surface area contributed by atoms with Crippen LogP contribution in [0.15, 0.2) is 45.7 Å². The number of aryl methyl sites for hydroxylation is 2. The predicted molar refractivity (Wildman–Crippen MR) is 119 cm³/mol. The largest absolute Gasteiger partial charge is 0.497 e. The Balaban J connectivity index is 1.51. The van der Waals surface area contributed by atoms with Crippen molar-refractivity contribution in [2.24, 2.45) is 0 Å². The van der Waals surface area contributed by atoms with Crippen LogP contribution in [0.4, 0.5) is 0 Å². The van der Waals surface area contributed by atoms with Gasteiger partial charge in [0, 0.05) is 24.4 Å². The van der Waals surface area contributed by atoms with Crippen molar-refractivity contribution >= 4 is 5.91 Å². The Labute approximate surface area is 186 Å². The molecule has 0 saturated carbocycles. The van der Waals surface area contributed by atoms with Crippen molar-refractivity contribution < 1.29 is 13.9 Å². The zero-order valence-corrected chi connectivity index (χ0v) is 18.7. The molecule has 0 N–H and O–H groups in total. The van der Waals surface area contributed by atoms with Gasteiger partial charge in [-0.25, -0.2) is 9.78 Å². The van der Waals surface area contributed by atoms with Gasteiger partial charge in [-0.3, -0.25) is 9.36 Å². The van der Waals surface area contributed by atoms with Crippen LogP contribution >= 0.6 is 0 Å². The summed E-state index contributed by atoms with van der Waals surface area (Å²) in [5.41, 5.74) is 2.03. The maximum atomic E-state index is 13.2. The Morgan fingerprint density at radius 1 is 1.25 bits per heavy atom. The second-order valence-corrected chi connectivity index (χ2v) is 8.20. The summed E-state index contributed by atoms with van der Waals surface area (Å²) in [4.78, 5) is 35.7. The first-order valence-electron chi connectivity index (χ1n) is 10.9. The lowest BCUT2D eigenvalue weighted by Gasteiger charge is -2.34. The lowest BCUT2D eigenvalue weighted by molar-refractivity contribution is -0.136. The van der Waals surface area contributed by atoms with Crippen molar-refractivity contribution in [1.29, 1.82) is 0 Å². The number of benzene rings is 1. The predicted octanol–water partition coefficient (Wildman–Crippen LogP) is 3.20. The van der Waals surface area contributed by atoms with E-state index in [2.05, 4.69) is 9.97 Å². The Morgan fingerprint density at radius 2 is 2.09 bits per heavy atom. The van der Waals surface area contributed by atoms with Crippen molar-refractivity contribution in [2.45, 2.75) is 52.1 Å². The van der Waals surface area contributed by atoms with E-state index in [1.165, 1.54) is 4.57 Å². The van der Waals surface area contributed by atoms with Crippen molar-refractivity contribution in [1.82, 2.24) is 19.4 Å². The SMILES string of the molecule is COc1cccc(Cc2cnc(C3CCCCN3C(=O)Cn3c(C)cc(C)nc3=O)o2)c1. The average Bonchev–Trinajstić information content (AvgIpc) is 3.24. The van der Waals surface area contributed by atoms with E-state index in [4.69, 9.17) is 9.15 Å². The number of aromatic nitrogens is 3. The van der Waals surface area contributed by atoms with Gasteiger partial charge in [0.05, 0.1) is 13.3 Å². The van der Waals surface area contributed by atoms with Crippen LogP contribution in [0, 0.1) is 13.8 Å². The van der Waals surface area contributed by atoms with Crippen LogP contribution in [0.25, 0.3) is 0 Å². The van der Waals surface area contributed by atoms with Crippen molar-refractivity contribution in [3.63, 3.8) is 0 Å². The molecule has 8 heteroatoms. The molecule has 1 aliphatic heterocycles. The number of piperidine rings is 1. The first-order chi connectivity index (χ1) is 15.4. The summed E-state index contributed by atoms with van der Waals surface area (Å²) in [6, 6.07) is 9.39. The summed E-state index contributed by atoms with van der Waals surface area (Å²) in [5, 5.41) is 0. The Hall–Kier alpha value is -3.42. The summed E-state index contributed by atoms with van der Waals surface area (Å²) in [7, 11) is 1.64. The lowest BCUT2D eigenvalue weighted by atomic mass is 10.0. The molecule has 0 radical (unpaired) electrons. The first-order valence-corrected chi connectivity index (χ1v) is 10.9. The molecule has 1 aromatic carbocycles. The molecule has 0 aliphatic carbocycles. The third-order valence-electron chi connectivity index (χ3n) is 5.83. The van der Waals surface area contributed by atoms with E-state index in [1.54, 1.807) is 31.2 Å². The molecule has 3 heterocycles. The van der Waals surface area contributed by atoms with E-state index in [9.17, 15) is 9.59 Å². The van der Waals surface area contributed by atoms with E-state index in [-0.39, 0.29) is 18.5 Å². The second-order valence-electron chi connectivity index (χ2n) is 8.20. The van der Waals surface area contributed by atoms with Crippen molar-refractivity contribution in [3.05, 3.63) is 75.6 Å². The van der Waals surface area contributed by atoms with Gasteiger partial charge in [-0.15, -0.1) is 0 Å². The molecule has 0 bridgehead atoms. The maximum Gasteiger partial charge on any atom is 0.348 e.